The Balaban J connectivity index is 2.32. The fourth-order valence-electron chi connectivity index (χ4n) is 5.32. The Hall–Kier alpha value is -0.900. The first-order valence-corrected chi connectivity index (χ1v) is 15.2. The van der Waals surface area contributed by atoms with Crippen LogP contribution in [-0.2, 0) is 9.59 Å². The maximum Gasteiger partial charge on any atom is 0.229 e. The van der Waals surface area contributed by atoms with Gasteiger partial charge < -0.3 is 5.73 Å². The summed E-state index contributed by atoms with van der Waals surface area (Å²) in [4.78, 5) is 27.9. The fourth-order valence-corrected chi connectivity index (χ4v) is 5.32. The molecule has 0 spiro atoms. The zero-order valence-electron chi connectivity index (χ0n) is 23.0. The van der Waals surface area contributed by atoms with Gasteiger partial charge in [0.25, 0.3) is 0 Å². The fraction of sp³-hybridized carbons (Fsp3) is 0.933. The molecule has 1 aliphatic carbocycles. The summed E-state index contributed by atoms with van der Waals surface area (Å²) < 4.78 is 0. The standard InChI is InChI=1S/C30H58N2O2/c1-3-5-7-9-11-13-15-17-19-21-29(33)32(28-25-23-27(31)24-26-28)30(34)22-20-18-16-14-12-10-8-6-4-2/h27-28H,3-26,31H2,1-2H3. The van der Waals surface area contributed by atoms with Crippen molar-refractivity contribution in [3.05, 3.63) is 0 Å². The van der Waals surface area contributed by atoms with Crippen LogP contribution in [0.15, 0.2) is 0 Å². The minimum absolute atomic E-state index is 0.0735. The number of carbonyl (C=O) groups is 2. The third kappa shape index (κ3) is 15.2. The van der Waals surface area contributed by atoms with E-state index in [1.54, 1.807) is 4.90 Å². The Kier molecular flexibility index (Phi) is 19.6. The summed E-state index contributed by atoms with van der Waals surface area (Å²) in [6.45, 7) is 4.51. The van der Waals surface area contributed by atoms with E-state index in [9.17, 15) is 9.59 Å². The lowest BCUT2D eigenvalue weighted by Gasteiger charge is -2.35. The van der Waals surface area contributed by atoms with Gasteiger partial charge in [-0.2, -0.15) is 0 Å². The van der Waals surface area contributed by atoms with Gasteiger partial charge in [-0.1, -0.05) is 117 Å². The normalized spacial score (nSPS) is 18.2. The number of unbranched alkanes of at least 4 members (excludes halogenated alkanes) is 16. The van der Waals surface area contributed by atoms with Crippen LogP contribution in [0, 0.1) is 0 Å². The van der Waals surface area contributed by atoms with E-state index in [1.165, 1.54) is 89.9 Å². The molecule has 0 radical (unpaired) electrons. The van der Waals surface area contributed by atoms with Crippen molar-refractivity contribution in [1.82, 2.24) is 4.90 Å². The summed E-state index contributed by atoms with van der Waals surface area (Å²) in [6.07, 6.45) is 27.0. The molecule has 0 aromatic heterocycles. The molecule has 2 amide bonds. The van der Waals surface area contributed by atoms with Gasteiger partial charge in [-0.15, -0.1) is 0 Å². The van der Waals surface area contributed by atoms with E-state index in [0.29, 0.717) is 12.8 Å². The van der Waals surface area contributed by atoms with Gasteiger partial charge in [-0.25, -0.2) is 0 Å². The average molecular weight is 479 g/mol. The molecule has 1 fully saturated rings. The van der Waals surface area contributed by atoms with Crippen LogP contribution in [0.25, 0.3) is 0 Å². The SMILES string of the molecule is CCCCCCCCCCCC(=O)N(C(=O)CCCCCCCCCCC)C1CCC(N)CC1. The zero-order chi connectivity index (χ0) is 24.9. The van der Waals surface area contributed by atoms with Crippen LogP contribution in [0.1, 0.15) is 168 Å². The molecule has 0 heterocycles. The molecule has 0 aromatic carbocycles. The number of carbonyl (C=O) groups excluding carboxylic acids is 2. The maximum atomic E-state index is 13.1. The predicted octanol–water partition coefficient (Wildman–Crippen LogP) is 8.45. The molecule has 0 unspecified atom stereocenters. The molecule has 34 heavy (non-hydrogen) atoms. The molecule has 4 heteroatoms. The van der Waals surface area contributed by atoms with Crippen LogP contribution >= 0.6 is 0 Å². The van der Waals surface area contributed by atoms with E-state index >= 15 is 0 Å². The molecule has 0 bridgehead atoms. The minimum atomic E-state index is 0.0735. The lowest BCUT2D eigenvalue weighted by molar-refractivity contribution is -0.148. The summed E-state index contributed by atoms with van der Waals surface area (Å²) in [5.41, 5.74) is 6.09. The number of hydrogen-bond acceptors (Lipinski definition) is 3. The average Bonchev–Trinajstić information content (AvgIpc) is 2.83. The van der Waals surface area contributed by atoms with Gasteiger partial charge in [0.1, 0.15) is 0 Å². The molecule has 1 saturated carbocycles. The number of hydrogen-bond donors (Lipinski definition) is 1. The van der Waals surface area contributed by atoms with E-state index < -0.39 is 0 Å². The maximum absolute atomic E-state index is 13.1. The molecule has 1 rings (SSSR count). The van der Waals surface area contributed by atoms with E-state index in [0.717, 1.165) is 51.4 Å². The summed E-state index contributed by atoms with van der Waals surface area (Å²) in [5, 5.41) is 0. The lowest BCUT2D eigenvalue weighted by Crippen LogP contribution is -2.47. The van der Waals surface area contributed by atoms with Gasteiger partial charge in [0.2, 0.25) is 11.8 Å². The van der Waals surface area contributed by atoms with Crippen LogP contribution in [0.2, 0.25) is 0 Å². The molecular formula is C30H58N2O2. The number of nitrogens with two attached hydrogens (primary N) is 1. The Morgan fingerprint density at radius 3 is 1.24 bits per heavy atom. The number of imide groups is 1. The van der Waals surface area contributed by atoms with Crippen LogP contribution in [0.4, 0.5) is 0 Å². The van der Waals surface area contributed by atoms with Gasteiger partial charge >= 0.3 is 0 Å². The van der Waals surface area contributed by atoms with Gasteiger partial charge in [-0.05, 0) is 38.5 Å². The van der Waals surface area contributed by atoms with Crippen LogP contribution in [-0.4, -0.2) is 28.8 Å². The van der Waals surface area contributed by atoms with Crippen molar-refractivity contribution in [3.63, 3.8) is 0 Å². The monoisotopic (exact) mass is 478 g/mol. The largest absolute Gasteiger partial charge is 0.328 e. The number of amides is 2. The third-order valence-corrected chi connectivity index (χ3v) is 7.63. The van der Waals surface area contributed by atoms with Crippen molar-refractivity contribution >= 4 is 11.8 Å². The molecule has 200 valence electrons. The molecular weight excluding hydrogens is 420 g/mol. The van der Waals surface area contributed by atoms with Crippen LogP contribution < -0.4 is 5.73 Å². The number of rotatable bonds is 21. The highest BCUT2D eigenvalue weighted by Gasteiger charge is 2.31. The van der Waals surface area contributed by atoms with Gasteiger partial charge in [0, 0.05) is 24.9 Å². The Morgan fingerprint density at radius 2 is 0.882 bits per heavy atom. The molecule has 0 saturated heterocycles. The molecule has 0 atom stereocenters. The quantitative estimate of drug-likeness (QED) is 0.168. The molecule has 0 aliphatic heterocycles. The molecule has 0 aromatic rings. The zero-order valence-corrected chi connectivity index (χ0v) is 23.0. The third-order valence-electron chi connectivity index (χ3n) is 7.63. The second-order valence-electron chi connectivity index (χ2n) is 10.9. The van der Waals surface area contributed by atoms with Crippen molar-refractivity contribution in [2.24, 2.45) is 5.73 Å². The van der Waals surface area contributed by atoms with Gasteiger partial charge in [-0.3, -0.25) is 14.5 Å². The van der Waals surface area contributed by atoms with Crippen LogP contribution in [0.5, 0.6) is 0 Å². The highest BCUT2D eigenvalue weighted by Crippen LogP contribution is 2.25. The topological polar surface area (TPSA) is 63.4 Å². The summed E-state index contributed by atoms with van der Waals surface area (Å²) in [5.74, 6) is 0.147. The Labute approximate surface area is 212 Å². The Morgan fingerprint density at radius 1 is 0.559 bits per heavy atom. The Bertz CT molecular complexity index is 466. The lowest BCUT2D eigenvalue weighted by atomic mass is 9.90. The van der Waals surface area contributed by atoms with Crippen molar-refractivity contribution in [2.75, 3.05) is 0 Å². The van der Waals surface area contributed by atoms with E-state index in [1.807, 2.05) is 0 Å². The highest BCUT2D eigenvalue weighted by molar-refractivity contribution is 5.95. The van der Waals surface area contributed by atoms with Crippen LogP contribution in [0.3, 0.4) is 0 Å². The first-order valence-electron chi connectivity index (χ1n) is 15.2. The van der Waals surface area contributed by atoms with E-state index in [-0.39, 0.29) is 23.9 Å². The van der Waals surface area contributed by atoms with Crippen molar-refractivity contribution in [1.29, 1.82) is 0 Å². The molecule has 1 aliphatic rings. The highest BCUT2D eigenvalue weighted by atomic mass is 16.2. The first kappa shape index (κ1) is 31.1. The van der Waals surface area contributed by atoms with Crippen molar-refractivity contribution in [2.45, 2.75) is 180 Å². The smallest absolute Gasteiger partial charge is 0.229 e. The second-order valence-corrected chi connectivity index (χ2v) is 10.9. The number of nitrogens with zero attached hydrogens (tertiary/aromatic N) is 1. The summed E-state index contributed by atoms with van der Waals surface area (Å²) in [6, 6.07) is 0.315. The predicted molar refractivity (Wildman–Crippen MR) is 146 cm³/mol. The summed E-state index contributed by atoms with van der Waals surface area (Å²) in [7, 11) is 0. The minimum Gasteiger partial charge on any atom is -0.328 e. The van der Waals surface area contributed by atoms with Gasteiger partial charge in [0.15, 0.2) is 0 Å². The molecule has 4 nitrogen and oxygen atoms in total. The summed E-state index contributed by atoms with van der Waals surface area (Å²) >= 11 is 0. The molecule has 2 N–H and O–H groups in total. The first-order chi connectivity index (χ1) is 16.6. The van der Waals surface area contributed by atoms with Crippen molar-refractivity contribution in [3.8, 4) is 0 Å². The van der Waals surface area contributed by atoms with Crippen molar-refractivity contribution < 1.29 is 9.59 Å². The van der Waals surface area contributed by atoms with E-state index in [2.05, 4.69) is 13.8 Å². The van der Waals surface area contributed by atoms with E-state index in [4.69, 9.17) is 5.73 Å². The van der Waals surface area contributed by atoms with Gasteiger partial charge in [0.05, 0.1) is 0 Å². The second kappa shape index (κ2) is 21.4.